The smallest absolute Gasteiger partial charge is 0.281 e. The summed E-state index contributed by atoms with van der Waals surface area (Å²) in [4.78, 5) is 23.4. The highest BCUT2D eigenvalue weighted by Gasteiger charge is 2.32. The van der Waals surface area contributed by atoms with Crippen LogP contribution in [0.4, 0.5) is 0 Å². The van der Waals surface area contributed by atoms with Gasteiger partial charge in [0.2, 0.25) is 0 Å². The van der Waals surface area contributed by atoms with Crippen molar-refractivity contribution in [2.45, 2.75) is 52.4 Å². The lowest BCUT2D eigenvalue weighted by atomic mass is 9.70. The predicted molar refractivity (Wildman–Crippen MR) is 119 cm³/mol. The van der Waals surface area contributed by atoms with Gasteiger partial charge < -0.3 is 15.2 Å². The molecule has 31 heavy (non-hydrogen) atoms. The monoisotopic (exact) mass is 428 g/mol. The first kappa shape index (κ1) is 24.2. The van der Waals surface area contributed by atoms with E-state index in [1.165, 1.54) is 5.48 Å². The number of nitrogens with one attached hydrogen (secondary N) is 1. The fraction of sp³-hybridized carbons (Fsp3) is 0.417. The molecule has 0 heterocycles. The van der Waals surface area contributed by atoms with Crippen LogP contribution in [-0.2, 0) is 10.2 Å². The number of benzene rings is 2. The van der Waals surface area contributed by atoms with Crippen molar-refractivity contribution in [2.24, 2.45) is 5.73 Å². The van der Waals surface area contributed by atoms with Crippen molar-refractivity contribution in [2.75, 3.05) is 13.2 Å². The molecule has 0 aromatic heterocycles. The predicted octanol–water partition coefficient (Wildman–Crippen LogP) is 3.87. The first-order valence-corrected chi connectivity index (χ1v) is 10.6. The molecule has 0 radical (unpaired) electrons. The first-order valence-electron chi connectivity index (χ1n) is 10.6. The highest BCUT2D eigenvalue weighted by Crippen LogP contribution is 2.41. The fourth-order valence-corrected chi connectivity index (χ4v) is 3.88. The van der Waals surface area contributed by atoms with Crippen molar-refractivity contribution >= 4 is 11.8 Å². The molecule has 0 fully saturated rings. The van der Waals surface area contributed by atoms with Gasteiger partial charge in [-0.1, -0.05) is 39.0 Å². The van der Waals surface area contributed by atoms with Gasteiger partial charge in [-0.2, -0.15) is 0 Å². The summed E-state index contributed by atoms with van der Waals surface area (Å²) in [7, 11) is 0. The van der Waals surface area contributed by atoms with Crippen LogP contribution in [0.2, 0.25) is 0 Å². The summed E-state index contributed by atoms with van der Waals surface area (Å²) >= 11 is 0. The Balaban J connectivity index is 2.50. The van der Waals surface area contributed by atoms with Gasteiger partial charge in [-0.25, -0.2) is 5.48 Å². The Kier molecular flexibility index (Phi) is 8.45. The molecular weight excluding hydrogens is 396 g/mol. The van der Waals surface area contributed by atoms with Gasteiger partial charge >= 0.3 is 0 Å². The Morgan fingerprint density at radius 3 is 2.13 bits per heavy atom. The first-order chi connectivity index (χ1) is 14.8. The third kappa shape index (κ3) is 5.35. The summed E-state index contributed by atoms with van der Waals surface area (Å²) in [6.07, 6.45) is 2.56. The molecule has 0 spiro atoms. The normalized spacial score (nSPS) is 11.1. The third-order valence-corrected chi connectivity index (χ3v) is 5.68. The van der Waals surface area contributed by atoms with Gasteiger partial charge in [-0.05, 0) is 61.1 Å². The summed E-state index contributed by atoms with van der Waals surface area (Å²) in [6.45, 7) is 8.57. The number of hydroxylamine groups is 1. The van der Waals surface area contributed by atoms with Gasteiger partial charge in [0.15, 0.2) is 6.61 Å². The lowest BCUT2D eigenvalue weighted by Gasteiger charge is -2.34. The number of hydrogen-bond acceptors (Lipinski definition) is 5. The maximum Gasteiger partial charge on any atom is 0.281 e. The molecule has 0 aliphatic rings. The van der Waals surface area contributed by atoms with E-state index in [1.807, 2.05) is 19.1 Å². The minimum atomic E-state index is -0.725. The zero-order valence-electron chi connectivity index (χ0n) is 18.7. The number of aryl methyl sites for hydroxylation is 1. The zero-order valence-corrected chi connectivity index (χ0v) is 18.7. The Morgan fingerprint density at radius 1 is 1.00 bits per heavy atom. The van der Waals surface area contributed by atoms with E-state index < -0.39 is 18.4 Å². The summed E-state index contributed by atoms with van der Waals surface area (Å²) < 4.78 is 11.2. The van der Waals surface area contributed by atoms with E-state index in [1.54, 1.807) is 12.1 Å². The van der Waals surface area contributed by atoms with Crippen molar-refractivity contribution in [3.8, 4) is 11.5 Å². The molecule has 2 aromatic rings. The van der Waals surface area contributed by atoms with Gasteiger partial charge in [0, 0.05) is 5.41 Å². The molecule has 0 saturated heterocycles. The van der Waals surface area contributed by atoms with Crippen molar-refractivity contribution < 1.29 is 24.3 Å². The van der Waals surface area contributed by atoms with Crippen molar-refractivity contribution in [1.29, 1.82) is 0 Å². The topological polar surface area (TPSA) is 111 Å². The minimum absolute atomic E-state index is 0.189. The average Bonchev–Trinajstić information content (AvgIpc) is 2.78. The standard InChI is InChI=1S/C24H32N2O5/c1-5-12-30-20-10-8-17(13-16(20)4)24(6-2,7-3)18-9-11-21(19(14-18)23(25)28)31-15-22(27)26-29/h8-11,13-14,29H,5-7,12,15H2,1-4H3,(H2,25,28)(H,26,27). The molecule has 0 aliphatic carbocycles. The van der Waals surface area contributed by atoms with Crippen molar-refractivity contribution in [1.82, 2.24) is 5.48 Å². The molecule has 0 bridgehead atoms. The number of amides is 2. The van der Waals surface area contributed by atoms with E-state index in [0.29, 0.717) is 6.61 Å². The van der Waals surface area contributed by atoms with Crippen LogP contribution >= 0.6 is 0 Å². The summed E-state index contributed by atoms with van der Waals surface area (Å²) in [5, 5.41) is 8.64. The van der Waals surface area contributed by atoms with E-state index >= 15 is 0 Å². The minimum Gasteiger partial charge on any atom is -0.493 e. The number of carbonyl (C=O) groups is 2. The number of primary amides is 1. The van der Waals surface area contributed by atoms with Crippen LogP contribution < -0.4 is 20.7 Å². The van der Waals surface area contributed by atoms with E-state index in [2.05, 4.69) is 32.9 Å². The van der Waals surface area contributed by atoms with Gasteiger partial charge in [0.25, 0.3) is 11.8 Å². The van der Waals surface area contributed by atoms with Crippen LogP contribution in [0, 0.1) is 6.92 Å². The lowest BCUT2D eigenvalue weighted by molar-refractivity contribution is -0.131. The fourth-order valence-electron chi connectivity index (χ4n) is 3.88. The van der Waals surface area contributed by atoms with Crippen LogP contribution in [0.1, 0.15) is 67.1 Å². The van der Waals surface area contributed by atoms with Crippen molar-refractivity contribution in [3.63, 3.8) is 0 Å². The highest BCUT2D eigenvalue weighted by atomic mass is 16.5. The molecule has 168 valence electrons. The number of carbonyl (C=O) groups excluding carboxylic acids is 2. The maximum absolute atomic E-state index is 12.1. The number of ether oxygens (including phenoxy) is 2. The highest BCUT2D eigenvalue weighted by molar-refractivity contribution is 5.96. The summed E-state index contributed by atoms with van der Waals surface area (Å²) in [6, 6.07) is 11.5. The van der Waals surface area contributed by atoms with Crippen LogP contribution in [0.5, 0.6) is 11.5 Å². The second kappa shape index (κ2) is 10.8. The molecule has 0 unspecified atom stereocenters. The molecule has 0 aliphatic heterocycles. The quantitative estimate of drug-likeness (QED) is 0.372. The van der Waals surface area contributed by atoms with Crippen LogP contribution in [0.3, 0.4) is 0 Å². The van der Waals surface area contributed by atoms with Gasteiger partial charge in [-0.15, -0.1) is 0 Å². The molecule has 0 saturated carbocycles. The van der Waals surface area contributed by atoms with Gasteiger partial charge in [-0.3, -0.25) is 14.8 Å². The Morgan fingerprint density at radius 2 is 1.61 bits per heavy atom. The number of nitrogens with two attached hydrogens (primary N) is 1. The largest absolute Gasteiger partial charge is 0.493 e. The molecule has 7 heteroatoms. The Hall–Kier alpha value is -3.06. The molecule has 2 aromatic carbocycles. The average molecular weight is 429 g/mol. The molecular formula is C24H32N2O5. The van der Waals surface area contributed by atoms with Crippen LogP contribution in [0.25, 0.3) is 0 Å². The second-order valence-corrected chi connectivity index (χ2v) is 7.52. The van der Waals surface area contributed by atoms with Gasteiger partial charge in [0.1, 0.15) is 11.5 Å². The third-order valence-electron chi connectivity index (χ3n) is 5.68. The molecule has 0 atom stereocenters. The molecule has 2 amide bonds. The Labute approximate surface area is 183 Å². The van der Waals surface area contributed by atoms with E-state index in [0.717, 1.165) is 41.7 Å². The van der Waals surface area contributed by atoms with Gasteiger partial charge in [0.05, 0.1) is 12.2 Å². The summed E-state index contributed by atoms with van der Waals surface area (Å²) in [5.74, 6) is -0.311. The van der Waals surface area contributed by atoms with Crippen molar-refractivity contribution in [3.05, 3.63) is 58.7 Å². The Bertz CT molecular complexity index is 922. The molecule has 2 rings (SSSR count). The SMILES string of the molecule is CCCOc1ccc(C(CC)(CC)c2ccc(OCC(=O)NO)c(C(N)=O)c2)cc1C. The number of rotatable bonds is 11. The van der Waals surface area contributed by atoms with E-state index in [-0.39, 0.29) is 16.7 Å². The van der Waals surface area contributed by atoms with Crippen LogP contribution in [-0.4, -0.2) is 30.2 Å². The summed E-state index contributed by atoms with van der Waals surface area (Å²) in [5.41, 5.74) is 10.1. The molecule has 7 nitrogen and oxygen atoms in total. The zero-order chi connectivity index (χ0) is 23.0. The maximum atomic E-state index is 12.1. The van der Waals surface area contributed by atoms with E-state index in [4.69, 9.17) is 20.4 Å². The lowest BCUT2D eigenvalue weighted by Crippen LogP contribution is -2.28. The number of hydrogen-bond donors (Lipinski definition) is 3. The second-order valence-electron chi connectivity index (χ2n) is 7.52. The van der Waals surface area contributed by atoms with Crippen LogP contribution in [0.15, 0.2) is 36.4 Å². The molecule has 4 N–H and O–H groups in total. The van der Waals surface area contributed by atoms with E-state index in [9.17, 15) is 9.59 Å².